The van der Waals surface area contributed by atoms with E-state index in [1.807, 2.05) is 30.3 Å². The van der Waals surface area contributed by atoms with Gasteiger partial charge in [0.25, 0.3) is 0 Å². The van der Waals surface area contributed by atoms with E-state index in [1.165, 1.54) is 0 Å². The number of hydrogen-bond acceptors (Lipinski definition) is 3. The predicted molar refractivity (Wildman–Crippen MR) is 79.4 cm³/mol. The van der Waals surface area contributed by atoms with Gasteiger partial charge in [-0.3, -0.25) is 14.4 Å². The number of rotatable bonds is 7. The van der Waals surface area contributed by atoms with Crippen LogP contribution in [-0.4, -0.2) is 36.9 Å². The molecule has 0 spiro atoms. The highest BCUT2D eigenvalue weighted by atomic mass is 16.2. The van der Waals surface area contributed by atoms with Crippen LogP contribution in [0.1, 0.15) is 19.4 Å². The van der Waals surface area contributed by atoms with Crippen molar-refractivity contribution in [3.63, 3.8) is 0 Å². The number of carbonyl (C=O) groups is 3. The SMILES string of the molecule is CCNC(=O)[C@@H](C)NC(=O)CNC(=O)Cc1ccccc1. The van der Waals surface area contributed by atoms with Gasteiger partial charge in [-0.25, -0.2) is 0 Å². The zero-order valence-electron chi connectivity index (χ0n) is 12.3. The molecule has 0 fully saturated rings. The van der Waals surface area contributed by atoms with E-state index in [9.17, 15) is 14.4 Å². The first kappa shape index (κ1) is 16.7. The van der Waals surface area contributed by atoms with Gasteiger partial charge in [0, 0.05) is 6.54 Å². The zero-order valence-corrected chi connectivity index (χ0v) is 12.3. The maximum Gasteiger partial charge on any atom is 0.242 e. The van der Waals surface area contributed by atoms with Crippen molar-refractivity contribution in [2.45, 2.75) is 26.3 Å². The number of benzene rings is 1. The Bertz CT molecular complexity index is 488. The summed E-state index contributed by atoms with van der Waals surface area (Å²) in [6.45, 7) is 3.76. The first-order chi connectivity index (χ1) is 10.0. The number of carbonyl (C=O) groups excluding carboxylic acids is 3. The summed E-state index contributed by atoms with van der Waals surface area (Å²) in [6, 6.07) is 8.64. The highest BCUT2D eigenvalue weighted by Crippen LogP contribution is 1.98. The number of likely N-dealkylation sites (N-methyl/N-ethyl adjacent to an activating group) is 1. The lowest BCUT2D eigenvalue weighted by molar-refractivity contribution is -0.129. The van der Waals surface area contributed by atoms with E-state index in [2.05, 4.69) is 16.0 Å². The van der Waals surface area contributed by atoms with Gasteiger partial charge >= 0.3 is 0 Å². The second kappa shape index (κ2) is 8.73. The maximum absolute atomic E-state index is 11.7. The Kier molecular flexibility index (Phi) is 6.94. The Morgan fingerprint density at radius 2 is 1.71 bits per heavy atom. The number of amides is 3. The highest BCUT2D eigenvalue weighted by molar-refractivity contribution is 5.90. The first-order valence-electron chi connectivity index (χ1n) is 6.90. The molecule has 1 aromatic carbocycles. The maximum atomic E-state index is 11.7. The molecular formula is C15H21N3O3. The summed E-state index contributed by atoms with van der Waals surface area (Å²) < 4.78 is 0. The summed E-state index contributed by atoms with van der Waals surface area (Å²) in [6.07, 6.45) is 0.222. The van der Waals surface area contributed by atoms with Crippen molar-refractivity contribution >= 4 is 17.7 Å². The zero-order chi connectivity index (χ0) is 15.7. The molecule has 0 radical (unpaired) electrons. The van der Waals surface area contributed by atoms with E-state index in [0.29, 0.717) is 6.54 Å². The molecule has 0 aliphatic heterocycles. The normalized spacial score (nSPS) is 11.3. The van der Waals surface area contributed by atoms with E-state index in [4.69, 9.17) is 0 Å². The van der Waals surface area contributed by atoms with Crippen LogP contribution in [0, 0.1) is 0 Å². The van der Waals surface area contributed by atoms with Crippen molar-refractivity contribution in [1.29, 1.82) is 0 Å². The van der Waals surface area contributed by atoms with Gasteiger partial charge in [-0.1, -0.05) is 30.3 Å². The second-order valence-electron chi connectivity index (χ2n) is 4.62. The minimum atomic E-state index is -0.622. The monoisotopic (exact) mass is 291 g/mol. The summed E-state index contributed by atoms with van der Waals surface area (Å²) >= 11 is 0. The third kappa shape index (κ3) is 6.56. The summed E-state index contributed by atoms with van der Waals surface area (Å²) in [5, 5.41) is 7.65. The van der Waals surface area contributed by atoms with Gasteiger partial charge < -0.3 is 16.0 Å². The van der Waals surface area contributed by atoms with Gasteiger partial charge in [0.1, 0.15) is 6.04 Å². The Morgan fingerprint density at radius 3 is 2.33 bits per heavy atom. The molecule has 3 N–H and O–H groups in total. The molecule has 0 aromatic heterocycles. The first-order valence-corrected chi connectivity index (χ1v) is 6.90. The molecule has 0 saturated heterocycles. The van der Waals surface area contributed by atoms with Gasteiger partial charge in [0.2, 0.25) is 17.7 Å². The summed E-state index contributed by atoms with van der Waals surface area (Å²) in [4.78, 5) is 34.7. The number of nitrogens with one attached hydrogen (secondary N) is 3. The molecule has 1 aromatic rings. The van der Waals surface area contributed by atoms with Crippen LogP contribution in [-0.2, 0) is 20.8 Å². The van der Waals surface area contributed by atoms with Crippen LogP contribution in [0.4, 0.5) is 0 Å². The number of hydrogen-bond donors (Lipinski definition) is 3. The van der Waals surface area contributed by atoms with Crippen LogP contribution < -0.4 is 16.0 Å². The second-order valence-corrected chi connectivity index (χ2v) is 4.62. The van der Waals surface area contributed by atoms with Crippen LogP contribution in [0.5, 0.6) is 0 Å². The van der Waals surface area contributed by atoms with E-state index < -0.39 is 11.9 Å². The third-order valence-corrected chi connectivity index (χ3v) is 2.78. The molecule has 6 nitrogen and oxygen atoms in total. The molecule has 1 rings (SSSR count). The molecule has 3 amide bonds. The van der Waals surface area contributed by atoms with Crippen LogP contribution in [0.2, 0.25) is 0 Å². The standard InChI is InChI=1S/C15H21N3O3/c1-3-16-15(21)11(2)18-14(20)10-17-13(19)9-12-7-5-4-6-8-12/h4-8,11H,3,9-10H2,1-2H3,(H,16,21)(H,17,19)(H,18,20)/t11-/m1/s1. The van der Waals surface area contributed by atoms with E-state index in [1.54, 1.807) is 13.8 Å². The third-order valence-electron chi connectivity index (χ3n) is 2.78. The van der Waals surface area contributed by atoms with Crippen molar-refractivity contribution in [2.75, 3.05) is 13.1 Å². The Hall–Kier alpha value is -2.37. The Balaban J connectivity index is 2.29. The smallest absolute Gasteiger partial charge is 0.242 e. The van der Waals surface area contributed by atoms with Crippen LogP contribution in [0.15, 0.2) is 30.3 Å². The van der Waals surface area contributed by atoms with Gasteiger partial charge in [-0.2, -0.15) is 0 Å². The quantitative estimate of drug-likeness (QED) is 0.660. The van der Waals surface area contributed by atoms with Gasteiger partial charge in [-0.05, 0) is 19.4 Å². The lowest BCUT2D eigenvalue weighted by Crippen LogP contribution is -2.48. The largest absolute Gasteiger partial charge is 0.355 e. The van der Waals surface area contributed by atoms with Crippen molar-refractivity contribution in [3.8, 4) is 0 Å². The molecule has 0 unspecified atom stereocenters. The molecular weight excluding hydrogens is 270 g/mol. The van der Waals surface area contributed by atoms with Crippen molar-refractivity contribution < 1.29 is 14.4 Å². The van der Waals surface area contributed by atoms with E-state index in [0.717, 1.165) is 5.56 Å². The molecule has 0 aliphatic rings. The molecule has 0 saturated carbocycles. The van der Waals surface area contributed by atoms with E-state index in [-0.39, 0.29) is 24.8 Å². The minimum absolute atomic E-state index is 0.143. The average Bonchev–Trinajstić information content (AvgIpc) is 2.46. The molecule has 0 bridgehead atoms. The van der Waals surface area contributed by atoms with Gasteiger partial charge in [-0.15, -0.1) is 0 Å². The molecule has 114 valence electrons. The fourth-order valence-electron chi connectivity index (χ4n) is 1.71. The Labute approximate surface area is 124 Å². The van der Waals surface area contributed by atoms with Gasteiger partial charge in [0.15, 0.2) is 0 Å². The Morgan fingerprint density at radius 1 is 1.05 bits per heavy atom. The van der Waals surface area contributed by atoms with Crippen LogP contribution >= 0.6 is 0 Å². The molecule has 1 atom stereocenters. The molecule has 6 heteroatoms. The average molecular weight is 291 g/mol. The molecule has 0 aliphatic carbocycles. The lowest BCUT2D eigenvalue weighted by atomic mass is 10.1. The van der Waals surface area contributed by atoms with Gasteiger partial charge in [0.05, 0.1) is 13.0 Å². The summed E-state index contributed by atoms with van der Waals surface area (Å²) in [7, 11) is 0. The summed E-state index contributed by atoms with van der Waals surface area (Å²) in [5.74, 6) is -0.876. The minimum Gasteiger partial charge on any atom is -0.355 e. The fourth-order valence-corrected chi connectivity index (χ4v) is 1.71. The van der Waals surface area contributed by atoms with E-state index >= 15 is 0 Å². The van der Waals surface area contributed by atoms with Crippen molar-refractivity contribution in [3.05, 3.63) is 35.9 Å². The fraction of sp³-hybridized carbons (Fsp3) is 0.400. The highest BCUT2D eigenvalue weighted by Gasteiger charge is 2.14. The summed E-state index contributed by atoms with van der Waals surface area (Å²) in [5.41, 5.74) is 0.881. The molecule has 0 heterocycles. The predicted octanol–water partition coefficient (Wildman–Crippen LogP) is -0.0139. The van der Waals surface area contributed by atoms with Crippen molar-refractivity contribution in [2.24, 2.45) is 0 Å². The molecule has 21 heavy (non-hydrogen) atoms. The lowest BCUT2D eigenvalue weighted by Gasteiger charge is -2.13. The van der Waals surface area contributed by atoms with Crippen LogP contribution in [0.25, 0.3) is 0 Å². The van der Waals surface area contributed by atoms with Crippen molar-refractivity contribution in [1.82, 2.24) is 16.0 Å². The topological polar surface area (TPSA) is 87.3 Å². The van der Waals surface area contributed by atoms with Crippen LogP contribution in [0.3, 0.4) is 0 Å².